The molecule has 6 N–H and O–H groups in total. The van der Waals surface area contributed by atoms with Crippen LogP contribution in [-0.2, 0) is 49.5 Å². The number of primary amides is 1. The minimum absolute atomic E-state index is 0.0888. The van der Waals surface area contributed by atoms with E-state index < -0.39 is 83.5 Å². The Bertz CT molecular complexity index is 2010. The van der Waals surface area contributed by atoms with E-state index >= 15 is 0 Å². The summed E-state index contributed by atoms with van der Waals surface area (Å²) in [5, 5.41) is 18.9. The Morgan fingerprint density at radius 1 is 0.877 bits per heavy atom. The van der Waals surface area contributed by atoms with Crippen molar-refractivity contribution in [2.45, 2.75) is 173 Å². The maximum absolute atomic E-state index is 14.5. The second-order valence-electron chi connectivity index (χ2n) is 20.4. The number of aliphatic hydroxyl groups excluding tert-OH is 1. The lowest BCUT2D eigenvalue weighted by Crippen LogP contribution is -2.62. The molecular formula is C46H68N8O11. The van der Waals surface area contributed by atoms with Gasteiger partial charge in [0.25, 0.3) is 0 Å². The first-order chi connectivity index (χ1) is 30.5. The second-order valence-corrected chi connectivity index (χ2v) is 20.4. The summed E-state index contributed by atoms with van der Waals surface area (Å²) in [7, 11) is 1.78. The number of nitrogens with two attached hydrogens (primary N) is 1. The molecule has 358 valence electrons. The SMILES string of the molecule is CN1c2cc(CC3CCC(CC(=O)N4CC[C@H]5CC[C@@H](C(=O)N[C@@H](CCC(N)=O)C(=O)OC(C)(C)C)N5C(=O)[C@@H](NC(=O)OC(C)(C)C)C4)CC3)ccc2N(C2CCC(=O)NC2=O)C1O. The molecule has 65 heavy (non-hydrogen) atoms. The van der Waals surface area contributed by atoms with E-state index in [1.807, 2.05) is 12.1 Å². The molecular weight excluding hydrogens is 841 g/mol. The van der Waals surface area contributed by atoms with Gasteiger partial charge in [-0.05, 0) is 135 Å². The lowest BCUT2D eigenvalue weighted by molar-refractivity contribution is -0.159. The highest BCUT2D eigenvalue weighted by Crippen LogP contribution is 2.42. The van der Waals surface area contributed by atoms with Gasteiger partial charge in [0.1, 0.15) is 35.4 Å². The molecule has 0 aromatic heterocycles. The molecule has 4 aliphatic heterocycles. The normalized spacial score (nSPS) is 26.6. The fraction of sp³-hybridized carbons (Fsp3) is 0.696. The number of piperidine rings is 1. The van der Waals surface area contributed by atoms with Crippen LogP contribution in [0, 0.1) is 11.8 Å². The molecule has 5 aliphatic rings. The summed E-state index contributed by atoms with van der Waals surface area (Å²) in [6.45, 7) is 10.3. The number of amides is 7. The van der Waals surface area contributed by atoms with Gasteiger partial charge in [0.05, 0.1) is 17.9 Å². The zero-order valence-electron chi connectivity index (χ0n) is 38.9. The van der Waals surface area contributed by atoms with Crippen molar-refractivity contribution >= 4 is 58.9 Å². The van der Waals surface area contributed by atoms with Gasteiger partial charge in [0, 0.05) is 38.9 Å². The van der Waals surface area contributed by atoms with Gasteiger partial charge in [-0.25, -0.2) is 9.59 Å². The van der Waals surface area contributed by atoms with Crippen LogP contribution < -0.4 is 31.5 Å². The van der Waals surface area contributed by atoms with Crippen molar-refractivity contribution in [1.82, 2.24) is 25.8 Å². The van der Waals surface area contributed by atoms with Crippen LogP contribution in [0.25, 0.3) is 0 Å². The van der Waals surface area contributed by atoms with Gasteiger partial charge >= 0.3 is 12.1 Å². The number of fused-ring (bicyclic) bond motifs is 2. The van der Waals surface area contributed by atoms with E-state index in [-0.39, 0.29) is 56.4 Å². The van der Waals surface area contributed by atoms with Crippen LogP contribution in [0.15, 0.2) is 18.2 Å². The van der Waals surface area contributed by atoms with Gasteiger partial charge in [-0.1, -0.05) is 6.07 Å². The maximum atomic E-state index is 14.5. The minimum Gasteiger partial charge on any atom is -0.458 e. The molecule has 6 rings (SSSR count). The first-order valence-corrected chi connectivity index (χ1v) is 23.0. The number of anilines is 2. The fourth-order valence-corrected chi connectivity index (χ4v) is 9.85. The van der Waals surface area contributed by atoms with E-state index in [4.69, 9.17) is 15.2 Å². The molecule has 1 aliphatic carbocycles. The Kier molecular flexibility index (Phi) is 15.0. The van der Waals surface area contributed by atoms with Crippen molar-refractivity contribution in [3.05, 3.63) is 23.8 Å². The number of imide groups is 1. The molecule has 19 nitrogen and oxygen atoms in total. The Morgan fingerprint density at radius 3 is 2.20 bits per heavy atom. The smallest absolute Gasteiger partial charge is 0.408 e. The monoisotopic (exact) mass is 909 g/mol. The Morgan fingerprint density at radius 2 is 1.55 bits per heavy atom. The molecule has 1 saturated carbocycles. The summed E-state index contributed by atoms with van der Waals surface area (Å²) in [4.78, 5) is 111. The zero-order valence-corrected chi connectivity index (χ0v) is 38.9. The van der Waals surface area contributed by atoms with E-state index in [1.165, 1.54) is 4.90 Å². The van der Waals surface area contributed by atoms with Crippen LogP contribution in [0.1, 0.15) is 124 Å². The maximum Gasteiger partial charge on any atom is 0.408 e. The number of rotatable bonds is 12. The standard InChI is InChI=1S/C46H68N8O11/c1-45(2,3)64-42(61)30(14-18-36(47)55)48-39(58)33-16-13-29-20-21-52(25-31(41(60)53(29)33)49-43(62)65-46(4,5)6)38(57)24-27-10-8-26(9-11-27)22-28-12-15-32-35(23-28)51(7)44(63)54(32)34-17-19-37(56)50-40(34)59/h12,15,23,26-27,29-31,33-34,44,63H,8-11,13-14,16-22,24-25H2,1-7H3,(H2,47,55)(H,48,58)(H,49,62)(H,50,56,59)/t26?,27?,29-,30+,31+,33+,34?,44?/m1/s1. The predicted octanol–water partition coefficient (Wildman–Crippen LogP) is 2.34. The number of hydrogen-bond acceptors (Lipinski definition) is 13. The molecule has 19 heteroatoms. The Hall–Kier alpha value is -5.46. The summed E-state index contributed by atoms with van der Waals surface area (Å²) in [6, 6.07) is 1.54. The van der Waals surface area contributed by atoms with Crippen LogP contribution >= 0.6 is 0 Å². The van der Waals surface area contributed by atoms with E-state index in [2.05, 4.69) is 22.0 Å². The number of benzene rings is 1. The third kappa shape index (κ3) is 12.3. The summed E-state index contributed by atoms with van der Waals surface area (Å²) >= 11 is 0. The minimum atomic E-state index is -1.22. The molecule has 4 fully saturated rings. The molecule has 7 amide bonds. The molecule has 1 aromatic carbocycles. The predicted molar refractivity (Wildman–Crippen MR) is 237 cm³/mol. The second kappa shape index (κ2) is 20.0. The molecule has 6 atom stereocenters. The van der Waals surface area contributed by atoms with Crippen LogP contribution in [0.4, 0.5) is 16.2 Å². The van der Waals surface area contributed by atoms with Gasteiger partial charge in [0.15, 0.2) is 0 Å². The molecule has 0 spiro atoms. The van der Waals surface area contributed by atoms with Gasteiger partial charge in [-0.15, -0.1) is 0 Å². The molecule has 1 aromatic rings. The van der Waals surface area contributed by atoms with Crippen LogP contribution in [0.5, 0.6) is 0 Å². The van der Waals surface area contributed by atoms with Crippen LogP contribution in [0.2, 0.25) is 0 Å². The number of nitrogens with zero attached hydrogens (tertiary/aromatic N) is 4. The molecule has 0 bridgehead atoms. The third-order valence-electron chi connectivity index (χ3n) is 13.0. The summed E-state index contributed by atoms with van der Waals surface area (Å²) < 4.78 is 11.0. The fourth-order valence-electron chi connectivity index (χ4n) is 9.85. The van der Waals surface area contributed by atoms with Crippen molar-refractivity contribution in [2.24, 2.45) is 17.6 Å². The van der Waals surface area contributed by atoms with Gasteiger partial charge < -0.3 is 50.5 Å². The number of esters is 1. The molecule has 4 heterocycles. The van der Waals surface area contributed by atoms with Gasteiger partial charge in [0.2, 0.25) is 41.8 Å². The molecule has 2 unspecified atom stereocenters. The Balaban J connectivity index is 1.08. The average Bonchev–Trinajstić information content (AvgIpc) is 3.73. The van der Waals surface area contributed by atoms with Crippen molar-refractivity contribution in [3.8, 4) is 0 Å². The number of hydrogen-bond donors (Lipinski definition) is 5. The molecule has 0 radical (unpaired) electrons. The number of nitrogens with one attached hydrogen (secondary N) is 3. The Labute approximate surface area is 380 Å². The number of aliphatic hydroxyl groups is 1. The number of ether oxygens (including phenoxy) is 2. The summed E-state index contributed by atoms with van der Waals surface area (Å²) in [5.74, 6) is -2.86. The highest BCUT2D eigenvalue weighted by molar-refractivity contribution is 6.02. The summed E-state index contributed by atoms with van der Waals surface area (Å²) in [5.41, 5.74) is 6.28. The highest BCUT2D eigenvalue weighted by atomic mass is 16.6. The van der Waals surface area contributed by atoms with Gasteiger partial charge in [-0.3, -0.25) is 34.1 Å². The average molecular weight is 909 g/mol. The topological polar surface area (TPSA) is 250 Å². The van der Waals surface area contributed by atoms with E-state index in [0.717, 1.165) is 49.0 Å². The van der Waals surface area contributed by atoms with Crippen molar-refractivity contribution < 1.29 is 52.9 Å². The number of alkyl carbamates (subject to hydrolysis) is 1. The quantitative estimate of drug-likeness (QED) is 0.150. The number of carbonyl (C=O) groups excluding carboxylic acids is 8. The lowest BCUT2D eigenvalue weighted by atomic mass is 9.78. The van der Waals surface area contributed by atoms with E-state index in [0.29, 0.717) is 31.7 Å². The lowest BCUT2D eigenvalue weighted by Gasteiger charge is -2.39. The van der Waals surface area contributed by atoms with Crippen molar-refractivity contribution in [1.29, 1.82) is 0 Å². The van der Waals surface area contributed by atoms with E-state index in [9.17, 15) is 43.5 Å². The van der Waals surface area contributed by atoms with Crippen molar-refractivity contribution in [2.75, 3.05) is 29.9 Å². The van der Waals surface area contributed by atoms with Crippen molar-refractivity contribution in [3.63, 3.8) is 0 Å². The van der Waals surface area contributed by atoms with Crippen LogP contribution in [0.3, 0.4) is 0 Å². The van der Waals surface area contributed by atoms with Crippen LogP contribution in [-0.4, -0.2) is 130 Å². The third-order valence-corrected chi connectivity index (χ3v) is 13.0. The number of carbonyl (C=O) groups is 8. The highest BCUT2D eigenvalue weighted by Gasteiger charge is 2.47. The summed E-state index contributed by atoms with van der Waals surface area (Å²) in [6.07, 6.45) is 4.12. The van der Waals surface area contributed by atoms with E-state index in [1.54, 1.807) is 63.3 Å². The largest absolute Gasteiger partial charge is 0.458 e. The molecule has 3 saturated heterocycles. The first-order valence-electron chi connectivity index (χ1n) is 23.0. The zero-order chi connectivity index (χ0) is 47.5. The first kappa shape index (κ1) is 49.0. The van der Waals surface area contributed by atoms with Gasteiger partial charge in [-0.2, -0.15) is 0 Å².